The van der Waals surface area contributed by atoms with E-state index in [0.29, 0.717) is 59.8 Å². The summed E-state index contributed by atoms with van der Waals surface area (Å²) in [6, 6.07) is 9.86. The lowest BCUT2D eigenvalue weighted by Gasteiger charge is -2.30. The van der Waals surface area contributed by atoms with Gasteiger partial charge < -0.3 is 54.9 Å². The van der Waals surface area contributed by atoms with E-state index in [1.807, 2.05) is 32.6 Å². The number of hydrogen-bond acceptors (Lipinski definition) is 17. The molecule has 4 rings (SSSR count). The largest absolute Gasteiger partial charge is 0.480 e. The lowest BCUT2D eigenvalue weighted by molar-refractivity contribution is -0.170. The van der Waals surface area contributed by atoms with Gasteiger partial charge in [-0.25, -0.2) is 29.1 Å². The van der Waals surface area contributed by atoms with Crippen molar-refractivity contribution in [1.82, 2.24) is 29.7 Å². The standard InChI is InChI=1S/C26H38N6O5.C25H33F3N6O5.2CH4/c1-9-32(10-2)24-27-16-21(28-17(3)33)22(30-24)29-20(23(34)37-26(4,5)6)15-18-11-13-19(14-12-18)36-25(35)31(7)8;1-7-33(8-2)23-29-14-19(34(15(3)4)22(37)25(26,27)28)20(31-23)30-18(21(35)36)13-16-9-11-17(12-10-16)39-24(38)32(5)6;;/h11-14,16,20H,9-10,15H2,1-8H3,(H,28,33)(H,27,29,30);9-12,14-15,18H,7-8,13H2,1-6H3,(H,35,36)(H,29,30,31);2*1H4/t20-;18-;;/m00../s1. The zero-order valence-corrected chi connectivity index (χ0v) is 45.5. The number of hydrogen-bond donors (Lipinski definition) is 4. The van der Waals surface area contributed by atoms with Crippen LogP contribution in [0.4, 0.5) is 57.7 Å². The van der Waals surface area contributed by atoms with E-state index >= 15 is 0 Å². The van der Waals surface area contributed by atoms with Crippen molar-refractivity contribution >= 4 is 70.8 Å². The number of nitrogens with one attached hydrogen (secondary N) is 3. The molecule has 2 atom stereocenters. The summed E-state index contributed by atoms with van der Waals surface area (Å²) in [4.78, 5) is 97.3. The summed E-state index contributed by atoms with van der Waals surface area (Å²) < 4.78 is 56.4. The Labute approximate surface area is 456 Å². The average molecular weight is 1100 g/mol. The van der Waals surface area contributed by atoms with Crippen molar-refractivity contribution in [2.45, 2.75) is 127 Å². The fraction of sp³-hybridized carbons (Fsp3) is 0.509. The van der Waals surface area contributed by atoms with Crippen molar-refractivity contribution in [3.63, 3.8) is 0 Å². The number of carbonyl (C=O) groups is 6. The molecule has 2 aromatic heterocycles. The molecule has 22 nitrogen and oxygen atoms in total. The van der Waals surface area contributed by atoms with Crippen LogP contribution < -0.4 is 40.1 Å². The first-order valence-corrected chi connectivity index (χ1v) is 24.4. The number of aromatic nitrogens is 4. The van der Waals surface area contributed by atoms with Gasteiger partial charge in [0.15, 0.2) is 11.6 Å². The summed E-state index contributed by atoms with van der Waals surface area (Å²) in [5.41, 5.74) is 0.668. The Kier molecular flexibility index (Phi) is 26.8. The highest BCUT2D eigenvalue weighted by atomic mass is 19.4. The normalized spacial score (nSPS) is 11.6. The Hall–Kier alpha value is -7.99. The monoisotopic (exact) mass is 1100 g/mol. The van der Waals surface area contributed by atoms with Crippen molar-refractivity contribution in [1.29, 1.82) is 0 Å². The quantitative estimate of drug-likeness (QED) is 0.0569. The van der Waals surface area contributed by atoms with Gasteiger partial charge in [0.05, 0.1) is 12.4 Å². The Bertz CT molecular complexity index is 2590. The summed E-state index contributed by atoms with van der Waals surface area (Å²) in [5.74, 6) is -2.87. The van der Waals surface area contributed by atoms with Crippen molar-refractivity contribution in [2.24, 2.45) is 0 Å². The number of halogens is 3. The van der Waals surface area contributed by atoms with Crippen molar-refractivity contribution in [2.75, 3.05) is 85.0 Å². The summed E-state index contributed by atoms with van der Waals surface area (Å²) in [5, 5.41) is 18.5. The van der Waals surface area contributed by atoms with Crippen LogP contribution in [0.15, 0.2) is 60.9 Å². The third kappa shape index (κ3) is 20.9. The SMILES string of the molecule is C.C.CCN(CC)c1ncc(N(C(=O)C(F)(F)F)C(C)C)c(N[C@@H](Cc2ccc(OC(=O)N(C)C)cc2)C(=O)O)n1.CCN(CC)c1ncc(NC(C)=O)c(N[C@@H](Cc2ccc(OC(=O)N(C)C)cc2)C(=O)OC(C)(C)C)n1. The molecule has 0 bridgehead atoms. The second-order valence-corrected chi connectivity index (χ2v) is 18.6. The van der Waals surface area contributed by atoms with Gasteiger partial charge in [-0.2, -0.15) is 23.1 Å². The minimum absolute atomic E-state index is 0. The molecule has 0 radical (unpaired) electrons. The van der Waals surface area contributed by atoms with Crippen LogP contribution in [-0.4, -0.2) is 155 Å². The van der Waals surface area contributed by atoms with E-state index < -0.39 is 59.9 Å². The Morgan fingerprint density at radius 3 is 1.44 bits per heavy atom. The van der Waals surface area contributed by atoms with E-state index in [-0.39, 0.29) is 56.8 Å². The Morgan fingerprint density at radius 2 is 1.06 bits per heavy atom. The topological polar surface area (TPSA) is 254 Å². The number of rotatable bonds is 21. The van der Waals surface area contributed by atoms with E-state index in [9.17, 15) is 47.0 Å². The van der Waals surface area contributed by atoms with E-state index in [4.69, 9.17) is 14.2 Å². The number of anilines is 6. The van der Waals surface area contributed by atoms with Gasteiger partial charge in [0.25, 0.3) is 0 Å². The van der Waals surface area contributed by atoms with E-state index in [2.05, 4.69) is 35.9 Å². The lowest BCUT2D eigenvalue weighted by Crippen LogP contribution is -2.46. The van der Waals surface area contributed by atoms with E-state index in [0.717, 1.165) is 11.8 Å². The van der Waals surface area contributed by atoms with Gasteiger partial charge in [-0.3, -0.25) is 14.5 Å². The smallest absolute Gasteiger partial charge is 0.471 e. The minimum Gasteiger partial charge on any atom is -0.480 e. The molecule has 432 valence electrons. The van der Waals surface area contributed by atoms with Crippen LogP contribution in [0.5, 0.6) is 11.5 Å². The number of carboxylic acids is 1. The van der Waals surface area contributed by atoms with Crippen LogP contribution in [0.3, 0.4) is 0 Å². The number of carbonyl (C=O) groups excluding carboxylic acids is 5. The number of aliphatic carboxylic acids is 1. The number of amides is 4. The highest BCUT2D eigenvalue weighted by molar-refractivity contribution is 6.00. The van der Waals surface area contributed by atoms with Gasteiger partial charge in [0, 0.05) is 80.2 Å². The highest BCUT2D eigenvalue weighted by Gasteiger charge is 2.45. The first kappa shape index (κ1) is 68.0. The second kappa shape index (κ2) is 30.7. The molecule has 0 saturated heterocycles. The Morgan fingerprint density at radius 1 is 0.654 bits per heavy atom. The van der Waals surface area contributed by atoms with Crippen molar-refractivity contribution in [3.05, 3.63) is 72.1 Å². The maximum Gasteiger partial charge on any atom is 0.471 e. The van der Waals surface area contributed by atoms with Gasteiger partial charge in [0.2, 0.25) is 17.8 Å². The fourth-order valence-electron chi connectivity index (χ4n) is 6.83. The molecule has 4 amide bonds. The molecule has 2 aromatic carbocycles. The maximum absolute atomic E-state index is 13.4. The van der Waals surface area contributed by atoms with Crippen LogP contribution in [-0.2, 0) is 36.8 Å². The van der Waals surface area contributed by atoms with Crippen LogP contribution in [0.1, 0.15) is 95.2 Å². The zero-order valence-electron chi connectivity index (χ0n) is 45.5. The number of benzene rings is 2. The van der Waals surface area contributed by atoms with E-state index in [1.165, 1.54) is 63.0 Å². The molecular formula is C53H79F3N12O10. The first-order chi connectivity index (χ1) is 35.5. The minimum atomic E-state index is -5.18. The molecule has 4 N–H and O–H groups in total. The number of nitrogens with zero attached hydrogens (tertiary/aromatic N) is 9. The van der Waals surface area contributed by atoms with Gasteiger partial charge >= 0.3 is 36.2 Å². The summed E-state index contributed by atoms with van der Waals surface area (Å²) in [6.07, 6.45) is -3.50. The van der Waals surface area contributed by atoms with Gasteiger partial charge in [-0.05, 0) is 97.7 Å². The molecule has 0 aliphatic carbocycles. The fourth-order valence-corrected chi connectivity index (χ4v) is 6.83. The van der Waals surface area contributed by atoms with Crippen LogP contribution in [0.25, 0.3) is 0 Å². The molecule has 0 spiro atoms. The molecule has 4 aromatic rings. The Balaban J connectivity index is 0.000000761. The van der Waals surface area contributed by atoms with Crippen LogP contribution in [0.2, 0.25) is 0 Å². The third-order valence-corrected chi connectivity index (χ3v) is 10.7. The molecule has 78 heavy (non-hydrogen) atoms. The number of alkyl halides is 3. The molecule has 0 fully saturated rings. The summed E-state index contributed by atoms with van der Waals surface area (Å²) in [6.45, 7) is 19.6. The molecule has 2 heterocycles. The summed E-state index contributed by atoms with van der Waals surface area (Å²) >= 11 is 0. The first-order valence-electron chi connectivity index (χ1n) is 24.4. The second-order valence-electron chi connectivity index (χ2n) is 18.6. The summed E-state index contributed by atoms with van der Waals surface area (Å²) in [7, 11) is 6.24. The predicted molar refractivity (Wildman–Crippen MR) is 296 cm³/mol. The van der Waals surface area contributed by atoms with Crippen molar-refractivity contribution in [3.8, 4) is 11.5 Å². The van der Waals surface area contributed by atoms with Gasteiger partial charge in [-0.15, -0.1) is 0 Å². The van der Waals surface area contributed by atoms with Crippen LogP contribution >= 0.6 is 0 Å². The molecule has 0 aliphatic rings. The number of carboxylic acid groups (broad SMARTS) is 1. The number of ether oxygens (including phenoxy) is 3. The molecular weight excluding hydrogens is 1020 g/mol. The van der Waals surface area contributed by atoms with Gasteiger partial charge in [-0.1, -0.05) is 39.1 Å². The van der Waals surface area contributed by atoms with Crippen molar-refractivity contribution < 1.29 is 61.3 Å². The zero-order chi connectivity index (χ0) is 57.2. The molecule has 0 aliphatic heterocycles. The molecule has 0 unspecified atom stereocenters. The van der Waals surface area contributed by atoms with E-state index in [1.54, 1.807) is 76.2 Å². The lowest BCUT2D eigenvalue weighted by atomic mass is 10.0. The highest BCUT2D eigenvalue weighted by Crippen LogP contribution is 2.33. The molecule has 0 saturated carbocycles. The number of esters is 1. The average Bonchev–Trinajstić information content (AvgIpc) is 3.33. The maximum atomic E-state index is 13.4. The third-order valence-electron chi connectivity index (χ3n) is 10.7. The molecule has 25 heteroatoms. The predicted octanol–water partition coefficient (Wildman–Crippen LogP) is 8.77. The van der Waals surface area contributed by atoms with Gasteiger partial charge in [0.1, 0.15) is 40.6 Å². The van der Waals surface area contributed by atoms with Crippen LogP contribution in [0, 0.1) is 0 Å².